The van der Waals surface area contributed by atoms with Crippen molar-refractivity contribution in [1.29, 1.82) is 0 Å². The second-order valence-electron chi connectivity index (χ2n) is 7.45. The first-order valence-corrected chi connectivity index (χ1v) is 10.3. The van der Waals surface area contributed by atoms with Crippen LogP contribution in [-0.2, 0) is 9.53 Å². The molecule has 7 nitrogen and oxygen atoms in total. The summed E-state index contributed by atoms with van der Waals surface area (Å²) in [6, 6.07) is 20.7. The first-order valence-electron chi connectivity index (χ1n) is 10.3. The Morgan fingerprint density at radius 3 is 2.52 bits per heavy atom. The van der Waals surface area contributed by atoms with Gasteiger partial charge in [-0.25, -0.2) is 4.79 Å². The predicted octanol–water partition coefficient (Wildman–Crippen LogP) is 3.79. The lowest BCUT2D eigenvalue weighted by molar-refractivity contribution is -0.120. The Morgan fingerprint density at radius 2 is 1.77 bits per heavy atom. The third-order valence-corrected chi connectivity index (χ3v) is 5.43. The molecule has 7 heteroatoms. The third kappa shape index (κ3) is 4.71. The van der Waals surface area contributed by atoms with Crippen LogP contribution in [0.25, 0.3) is 11.3 Å². The lowest BCUT2D eigenvalue weighted by Crippen LogP contribution is -2.41. The molecule has 0 saturated carbocycles. The number of ether oxygens (including phenoxy) is 1. The summed E-state index contributed by atoms with van der Waals surface area (Å²) in [5.41, 5.74) is 2.63. The fourth-order valence-electron chi connectivity index (χ4n) is 3.77. The van der Waals surface area contributed by atoms with E-state index in [1.165, 1.54) is 7.11 Å². The maximum atomic E-state index is 12.9. The third-order valence-electron chi connectivity index (χ3n) is 5.43. The maximum absolute atomic E-state index is 12.9. The Balaban J connectivity index is 1.44. The van der Waals surface area contributed by atoms with Gasteiger partial charge in [0.2, 0.25) is 5.91 Å². The molecule has 2 heterocycles. The number of piperidine rings is 1. The van der Waals surface area contributed by atoms with Crippen LogP contribution >= 0.6 is 0 Å². The number of benzene rings is 2. The predicted molar refractivity (Wildman–Crippen MR) is 119 cm³/mol. The molecule has 0 bridgehead atoms. The van der Waals surface area contributed by atoms with E-state index in [1.54, 1.807) is 24.3 Å². The van der Waals surface area contributed by atoms with Crippen LogP contribution in [0.2, 0.25) is 0 Å². The van der Waals surface area contributed by atoms with E-state index in [2.05, 4.69) is 20.4 Å². The summed E-state index contributed by atoms with van der Waals surface area (Å²) in [7, 11) is 1.32. The number of rotatable bonds is 5. The van der Waals surface area contributed by atoms with Gasteiger partial charge in [0.05, 0.1) is 30.0 Å². The summed E-state index contributed by atoms with van der Waals surface area (Å²) >= 11 is 0. The van der Waals surface area contributed by atoms with Crippen LogP contribution < -0.4 is 10.2 Å². The number of hydrogen-bond donors (Lipinski definition) is 1. The fraction of sp³-hybridized carbons (Fsp3) is 0.250. The van der Waals surface area contributed by atoms with Crippen LogP contribution in [0.15, 0.2) is 66.7 Å². The van der Waals surface area contributed by atoms with Crippen molar-refractivity contribution in [3.63, 3.8) is 0 Å². The average Bonchev–Trinajstić information content (AvgIpc) is 2.84. The molecule has 0 spiro atoms. The molecule has 158 valence electrons. The lowest BCUT2D eigenvalue weighted by Gasteiger charge is -2.32. The van der Waals surface area contributed by atoms with Crippen molar-refractivity contribution in [1.82, 2.24) is 10.2 Å². The molecule has 2 aromatic carbocycles. The summed E-state index contributed by atoms with van der Waals surface area (Å²) in [6.45, 7) is 1.37. The van der Waals surface area contributed by atoms with Gasteiger partial charge in [-0.2, -0.15) is 0 Å². The molecule has 0 aliphatic carbocycles. The van der Waals surface area contributed by atoms with E-state index in [1.807, 2.05) is 42.5 Å². The summed E-state index contributed by atoms with van der Waals surface area (Å²) in [5.74, 6) is -0.0490. The lowest BCUT2D eigenvalue weighted by atomic mass is 9.96. The molecule has 1 aliphatic rings. The number of amides is 1. The first-order chi connectivity index (χ1) is 15.2. The van der Waals surface area contributed by atoms with Crippen molar-refractivity contribution in [2.45, 2.75) is 12.8 Å². The number of methoxy groups -OCH3 is 1. The molecule has 3 aromatic rings. The van der Waals surface area contributed by atoms with Crippen LogP contribution in [0.1, 0.15) is 23.2 Å². The number of aromatic nitrogens is 2. The van der Waals surface area contributed by atoms with Gasteiger partial charge in [0.1, 0.15) is 0 Å². The van der Waals surface area contributed by atoms with E-state index < -0.39 is 5.97 Å². The summed E-state index contributed by atoms with van der Waals surface area (Å²) in [4.78, 5) is 27.0. The number of para-hydroxylation sites is 1. The van der Waals surface area contributed by atoms with Gasteiger partial charge < -0.3 is 15.0 Å². The number of carbonyl (C=O) groups excluding carboxylic acids is 2. The van der Waals surface area contributed by atoms with E-state index in [4.69, 9.17) is 4.74 Å². The number of nitrogens with one attached hydrogen (secondary N) is 1. The monoisotopic (exact) mass is 416 g/mol. The minimum absolute atomic E-state index is 0.116. The summed E-state index contributed by atoms with van der Waals surface area (Å²) in [6.07, 6.45) is 1.65. The van der Waals surface area contributed by atoms with E-state index in [-0.39, 0.29) is 11.8 Å². The minimum Gasteiger partial charge on any atom is -0.465 e. The van der Waals surface area contributed by atoms with E-state index >= 15 is 0 Å². The van der Waals surface area contributed by atoms with Crippen molar-refractivity contribution in [2.24, 2.45) is 5.92 Å². The zero-order chi connectivity index (χ0) is 21.6. The Morgan fingerprint density at radius 1 is 1.00 bits per heavy atom. The second-order valence-corrected chi connectivity index (χ2v) is 7.45. The highest BCUT2D eigenvalue weighted by molar-refractivity contribution is 6.02. The van der Waals surface area contributed by atoms with Gasteiger partial charge in [-0.15, -0.1) is 10.2 Å². The molecule has 0 unspecified atom stereocenters. The molecule has 0 radical (unpaired) electrons. The first kappa shape index (κ1) is 20.5. The molecule has 1 atom stereocenters. The van der Waals surface area contributed by atoms with Gasteiger partial charge >= 0.3 is 5.97 Å². The quantitative estimate of drug-likeness (QED) is 0.637. The standard InChI is InChI=1S/C24H24N4O3/c1-31-24(30)19-11-5-6-12-21(19)25-23(29)18-10-7-15-28(16-18)22-14-13-20(26-27-22)17-8-3-2-4-9-17/h2-6,8-9,11-14,18H,7,10,15-16H2,1H3,(H,25,29)/t18-/m1/s1. The molecule has 1 N–H and O–H groups in total. The molecular formula is C24H24N4O3. The fourth-order valence-corrected chi connectivity index (χ4v) is 3.77. The number of nitrogens with zero attached hydrogens (tertiary/aromatic N) is 3. The SMILES string of the molecule is COC(=O)c1ccccc1NC(=O)[C@@H]1CCCN(c2ccc(-c3ccccc3)nn2)C1. The van der Waals surface area contributed by atoms with E-state index in [0.717, 1.165) is 36.5 Å². The van der Waals surface area contributed by atoms with Crippen LogP contribution in [-0.4, -0.2) is 42.3 Å². The van der Waals surface area contributed by atoms with Crippen molar-refractivity contribution in [3.8, 4) is 11.3 Å². The van der Waals surface area contributed by atoms with Crippen molar-refractivity contribution >= 4 is 23.4 Å². The Hall–Kier alpha value is -3.74. The molecule has 1 aliphatic heterocycles. The van der Waals surface area contributed by atoms with Gasteiger partial charge in [0.25, 0.3) is 0 Å². The van der Waals surface area contributed by atoms with Gasteiger partial charge in [-0.05, 0) is 37.1 Å². The van der Waals surface area contributed by atoms with E-state index in [9.17, 15) is 9.59 Å². The van der Waals surface area contributed by atoms with E-state index in [0.29, 0.717) is 17.8 Å². The van der Waals surface area contributed by atoms with Gasteiger partial charge in [0, 0.05) is 18.7 Å². The van der Waals surface area contributed by atoms with Crippen LogP contribution in [0, 0.1) is 5.92 Å². The minimum atomic E-state index is -0.477. The largest absolute Gasteiger partial charge is 0.465 e. The topological polar surface area (TPSA) is 84.4 Å². The highest BCUT2D eigenvalue weighted by Crippen LogP contribution is 2.25. The Labute approximate surface area is 181 Å². The molecular weight excluding hydrogens is 392 g/mol. The van der Waals surface area contributed by atoms with Gasteiger partial charge in [0.15, 0.2) is 5.82 Å². The van der Waals surface area contributed by atoms with Crippen LogP contribution in [0.5, 0.6) is 0 Å². The van der Waals surface area contributed by atoms with Crippen LogP contribution in [0.3, 0.4) is 0 Å². The highest BCUT2D eigenvalue weighted by Gasteiger charge is 2.27. The van der Waals surface area contributed by atoms with Crippen molar-refractivity contribution in [2.75, 3.05) is 30.4 Å². The average molecular weight is 416 g/mol. The second kappa shape index (κ2) is 9.38. The van der Waals surface area contributed by atoms with Gasteiger partial charge in [-0.1, -0.05) is 42.5 Å². The Bertz CT molecular complexity index is 1050. The normalized spacial score (nSPS) is 15.9. The molecule has 1 saturated heterocycles. The van der Waals surface area contributed by atoms with Crippen LogP contribution in [0.4, 0.5) is 11.5 Å². The van der Waals surface area contributed by atoms with Crippen molar-refractivity contribution < 1.29 is 14.3 Å². The molecule has 4 rings (SSSR count). The molecule has 1 amide bonds. The zero-order valence-electron chi connectivity index (χ0n) is 17.3. The smallest absolute Gasteiger partial charge is 0.339 e. The number of anilines is 2. The molecule has 31 heavy (non-hydrogen) atoms. The summed E-state index contributed by atoms with van der Waals surface area (Å²) < 4.78 is 4.81. The maximum Gasteiger partial charge on any atom is 0.339 e. The summed E-state index contributed by atoms with van der Waals surface area (Å²) in [5, 5.41) is 11.6. The number of esters is 1. The molecule has 1 aromatic heterocycles. The molecule has 1 fully saturated rings. The van der Waals surface area contributed by atoms with Crippen molar-refractivity contribution in [3.05, 3.63) is 72.3 Å². The number of hydrogen-bond acceptors (Lipinski definition) is 6. The van der Waals surface area contributed by atoms with Gasteiger partial charge in [-0.3, -0.25) is 4.79 Å². The Kier molecular flexibility index (Phi) is 6.21. The highest BCUT2D eigenvalue weighted by atomic mass is 16.5. The zero-order valence-corrected chi connectivity index (χ0v) is 17.3. The number of carbonyl (C=O) groups is 2.